The fourth-order valence-electron chi connectivity index (χ4n) is 0.629. The Balaban J connectivity index is 3.05. The quantitative estimate of drug-likeness (QED) is 0.789. The van der Waals surface area contributed by atoms with Crippen LogP contribution in [0.3, 0.4) is 0 Å². The smallest absolute Gasteiger partial charge is 0.123 e. The Kier molecular flexibility index (Phi) is 2.12. The summed E-state index contributed by atoms with van der Waals surface area (Å²) in [6.07, 6.45) is 0. The van der Waals surface area contributed by atoms with Crippen molar-refractivity contribution >= 4 is 27.3 Å². The fraction of sp³-hybridized carbons (Fsp3) is 0.500. The normalized spacial score (nSPS) is 12.0. The molecule has 1 rings (SSSR count). The van der Waals surface area contributed by atoms with E-state index < -0.39 is 5.60 Å². The van der Waals surface area contributed by atoms with Crippen LogP contribution in [-0.4, -0.2) is 10.1 Å². The monoisotopic (exact) mass is 221 g/mol. The predicted molar refractivity (Wildman–Crippen MR) is 45.1 cm³/mol. The summed E-state index contributed by atoms with van der Waals surface area (Å²) in [4.78, 5) is 4.83. The molecule has 1 N–H and O–H groups in total. The van der Waals surface area contributed by atoms with E-state index in [2.05, 4.69) is 20.9 Å². The van der Waals surface area contributed by atoms with E-state index in [4.69, 9.17) is 0 Å². The van der Waals surface area contributed by atoms with Crippen molar-refractivity contribution in [1.29, 1.82) is 0 Å². The van der Waals surface area contributed by atoms with E-state index in [-0.39, 0.29) is 0 Å². The van der Waals surface area contributed by atoms with Gasteiger partial charge >= 0.3 is 0 Å². The summed E-state index contributed by atoms with van der Waals surface area (Å²) in [5, 5.41) is 9.50. The van der Waals surface area contributed by atoms with Crippen molar-refractivity contribution in [3.05, 3.63) is 15.0 Å². The maximum absolute atomic E-state index is 9.50. The summed E-state index contributed by atoms with van der Waals surface area (Å²) < 4.78 is 0.741. The number of hydrogen-bond acceptors (Lipinski definition) is 3. The third-order valence-electron chi connectivity index (χ3n) is 1.08. The first-order chi connectivity index (χ1) is 4.52. The van der Waals surface area contributed by atoms with E-state index in [1.165, 1.54) is 11.3 Å². The van der Waals surface area contributed by atoms with Crippen LogP contribution in [-0.2, 0) is 5.60 Å². The number of aliphatic hydroxyl groups is 1. The van der Waals surface area contributed by atoms with Gasteiger partial charge in [0.05, 0.1) is 16.0 Å². The van der Waals surface area contributed by atoms with Crippen LogP contribution in [0.5, 0.6) is 0 Å². The molecule has 4 heteroatoms. The summed E-state index contributed by atoms with van der Waals surface area (Å²) >= 11 is 4.69. The maximum atomic E-state index is 9.50. The summed E-state index contributed by atoms with van der Waals surface area (Å²) in [6.45, 7) is 3.48. The zero-order chi connectivity index (χ0) is 7.78. The van der Waals surface area contributed by atoms with Crippen LogP contribution in [0.2, 0.25) is 0 Å². The van der Waals surface area contributed by atoms with Crippen LogP contribution in [0.15, 0.2) is 10.1 Å². The van der Waals surface area contributed by atoms with E-state index in [9.17, 15) is 5.11 Å². The minimum absolute atomic E-state index is 0.741. The Morgan fingerprint density at radius 3 is 2.50 bits per heavy atom. The molecule has 0 aliphatic carbocycles. The van der Waals surface area contributed by atoms with Gasteiger partial charge in [0.2, 0.25) is 0 Å². The molecule has 56 valence electrons. The van der Waals surface area contributed by atoms with Crippen LogP contribution in [0.1, 0.15) is 18.7 Å². The van der Waals surface area contributed by atoms with Gasteiger partial charge < -0.3 is 5.11 Å². The van der Waals surface area contributed by atoms with E-state index in [1.807, 2.05) is 0 Å². The lowest BCUT2D eigenvalue weighted by Crippen LogP contribution is -2.13. The highest BCUT2D eigenvalue weighted by molar-refractivity contribution is 9.10. The zero-order valence-corrected chi connectivity index (χ0v) is 8.16. The van der Waals surface area contributed by atoms with Crippen LogP contribution < -0.4 is 0 Å². The molecule has 0 aliphatic rings. The summed E-state index contributed by atoms with van der Waals surface area (Å²) in [5.74, 6) is 0. The summed E-state index contributed by atoms with van der Waals surface area (Å²) in [5.41, 5.74) is 0.928. The Labute approximate surface area is 72.0 Å². The molecule has 0 spiro atoms. The molecule has 1 heterocycles. The Hall–Kier alpha value is 0.0700. The lowest BCUT2D eigenvalue weighted by Gasteiger charge is -2.14. The average molecular weight is 222 g/mol. The van der Waals surface area contributed by atoms with Gasteiger partial charge in [-0.15, -0.1) is 11.3 Å². The van der Waals surface area contributed by atoms with Crippen molar-refractivity contribution in [3.8, 4) is 0 Å². The molecule has 2 nitrogen and oxygen atoms in total. The number of aromatic nitrogens is 1. The van der Waals surface area contributed by atoms with Gasteiger partial charge in [0.25, 0.3) is 0 Å². The molecule has 0 fully saturated rings. The maximum Gasteiger partial charge on any atom is 0.123 e. The predicted octanol–water partition coefficient (Wildman–Crippen LogP) is 2.13. The van der Waals surface area contributed by atoms with Crippen molar-refractivity contribution in [2.45, 2.75) is 19.4 Å². The molecule has 10 heavy (non-hydrogen) atoms. The number of rotatable bonds is 1. The lowest BCUT2D eigenvalue weighted by molar-refractivity contribution is 0.0816. The van der Waals surface area contributed by atoms with E-state index in [1.54, 1.807) is 19.4 Å². The van der Waals surface area contributed by atoms with Crippen LogP contribution >= 0.6 is 27.3 Å². The molecule has 0 amide bonds. The van der Waals surface area contributed by atoms with Gasteiger partial charge in [0, 0.05) is 0 Å². The molecule has 0 radical (unpaired) electrons. The van der Waals surface area contributed by atoms with Crippen LogP contribution in [0, 0.1) is 0 Å². The average Bonchev–Trinajstić information content (AvgIpc) is 2.11. The number of thiazole rings is 1. The largest absolute Gasteiger partial charge is 0.385 e. The van der Waals surface area contributed by atoms with Gasteiger partial charge in [-0.25, -0.2) is 4.98 Å². The van der Waals surface area contributed by atoms with Crippen molar-refractivity contribution in [2.24, 2.45) is 0 Å². The minimum Gasteiger partial charge on any atom is -0.385 e. The van der Waals surface area contributed by atoms with Crippen LogP contribution in [0.4, 0.5) is 0 Å². The third-order valence-corrected chi connectivity index (χ3v) is 3.08. The molecule has 0 saturated heterocycles. The van der Waals surface area contributed by atoms with E-state index >= 15 is 0 Å². The second kappa shape index (κ2) is 2.60. The van der Waals surface area contributed by atoms with Crippen molar-refractivity contribution in [1.82, 2.24) is 4.98 Å². The van der Waals surface area contributed by atoms with Gasteiger partial charge in [-0.1, -0.05) is 0 Å². The van der Waals surface area contributed by atoms with Crippen molar-refractivity contribution in [2.75, 3.05) is 0 Å². The molecular weight excluding hydrogens is 214 g/mol. The van der Waals surface area contributed by atoms with Gasteiger partial charge in [0.15, 0.2) is 0 Å². The Morgan fingerprint density at radius 1 is 1.70 bits per heavy atom. The Morgan fingerprint density at radius 2 is 2.30 bits per heavy atom. The summed E-state index contributed by atoms with van der Waals surface area (Å²) in [7, 11) is 0. The summed E-state index contributed by atoms with van der Waals surface area (Å²) in [6, 6.07) is 0. The molecule has 0 aliphatic heterocycles. The van der Waals surface area contributed by atoms with Gasteiger partial charge in [-0.05, 0) is 29.8 Å². The highest BCUT2D eigenvalue weighted by Crippen LogP contribution is 2.30. The number of nitrogens with zero attached hydrogens (tertiary/aromatic N) is 1. The zero-order valence-electron chi connectivity index (χ0n) is 5.76. The first kappa shape index (κ1) is 8.17. The highest BCUT2D eigenvalue weighted by atomic mass is 79.9. The highest BCUT2D eigenvalue weighted by Gasteiger charge is 2.21. The third kappa shape index (κ3) is 1.56. The molecular formula is C6H8BrNOS. The van der Waals surface area contributed by atoms with E-state index in [0.717, 1.165) is 9.48 Å². The molecule has 0 atom stereocenters. The first-order valence-electron chi connectivity index (χ1n) is 2.83. The molecule has 0 saturated carbocycles. The lowest BCUT2D eigenvalue weighted by atomic mass is 10.1. The molecule has 0 bridgehead atoms. The number of halogens is 1. The molecule has 0 aromatic carbocycles. The molecule has 0 unspecified atom stereocenters. The first-order valence-corrected chi connectivity index (χ1v) is 4.51. The SMILES string of the molecule is CC(C)(O)c1scnc1Br. The van der Waals surface area contributed by atoms with Crippen molar-refractivity contribution in [3.63, 3.8) is 0 Å². The minimum atomic E-state index is -0.778. The van der Waals surface area contributed by atoms with Crippen LogP contribution in [0.25, 0.3) is 0 Å². The second-order valence-corrected chi connectivity index (χ2v) is 4.14. The Bertz CT molecular complexity index is 228. The molecule has 1 aromatic rings. The fourth-order valence-corrected chi connectivity index (χ4v) is 2.33. The topological polar surface area (TPSA) is 33.1 Å². The van der Waals surface area contributed by atoms with E-state index in [0.29, 0.717) is 0 Å². The van der Waals surface area contributed by atoms with Gasteiger partial charge in [-0.2, -0.15) is 0 Å². The number of hydrogen-bond donors (Lipinski definition) is 1. The van der Waals surface area contributed by atoms with Crippen molar-refractivity contribution < 1.29 is 5.11 Å². The van der Waals surface area contributed by atoms with Gasteiger partial charge in [0.1, 0.15) is 4.60 Å². The standard InChI is InChI=1S/C6H8BrNOS/c1-6(2,9)4-5(7)8-3-10-4/h3,9H,1-2H3. The molecule has 1 aromatic heterocycles. The second-order valence-electron chi connectivity index (χ2n) is 2.53. The van der Waals surface area contributed by atoms with Gasteiger partial charge in [-0.3, -0.25) is 0 Å².